The van der Waals surface area contributed by atoms with E-state index in [9.17, 15) is 9.90 Å². The zero-order valence-electron chi connectivity index (χ0n) is 14.3. The van der Waals surface area contributed by atoms with Gasteiger partial charge in [-0.2, -0.15) is 0 Å². The van der Waals surface area contributed by atoms with Crippen LogP contribution >= 0.6 is 0 Å². The van der Waals surface area contributed by atoms with Crippen molar-refractivity contribution >= 4 is 28.6 Å². The van der Waals surface area contributed by atoms with E-state index in [-0.39, 0.29) is 23.1 Å². The van der Waals surface area contributed by atoms with Crippen molar-refractivity contribution in [1.82, 2.24) is 14.5 Å². The quantitative estimate of drug-likeness (QED) is 0.794. The number of carbonyl (C=O) groups is 1. The highest BCUT2D eigenvalue weighted by Crippen LogP contribution is 2.41. The molecule has 0 saturated heterocycles. The fourth-order valence-corrected chi connectivity index (χ4v) is 3.58. The number of primary amides is 1. The lowest BCUT2D eigenvalue weighted by molar-refractivity contribution is 0.100. The normalized spacial score (nSPS) is 20.9. The third kappa shape index (κ3) is 2.30. The second-order valence-electron chi connectivity index (χ2n) is 6.94. The molecule has 2 aliphatic carbocycles. The molecule has 4 rings (SSSR count). The van der Waals surface area contributed by atoms with Gasteiger partial charge >= 0.3 is 0 Å². The molecule has 0 aromatic carbocycles. The first-order chi connectivity index (χ1) is 11.9. The van der Waals surface area contributed by atoms with Gasteiger partial charge in [0.1, 0.15) is 22.7 Å². The first-order valence-electron chi connectivity index (χ1n) is 8.47. The fourth-order valence-electron chi connectivity index (χ4n) is 3.58. The number of nitrogens with two attached hydrogens (primary N) is 2. The van der Waals surface area contributed by atoms with Crippen molar-refractivity contribution in [3.05, 3.63) is 34.9 Å². The molecule has 7 heteroatoms. The predicted octanol–water partition coefficient (Wildman–Crippen LogP) is 2.70. The Kier molecular flexibility index (Phi) is 3.35. The third-order valence-electron chi connectivity index (χ3n) is 5.10. The number of carbonyl (C=O) groups excluding carboxylic acids is 1. The van der Waals surface area contributed by atoms with E-state index < -0.39 is 5.91 Å². The molecule has 2 aromatic rings. The second-order valence-corrected chi connectivity index (χ2v) is 6.94. The molecule has 0 bridgehead atoms. The van der Waals surface area contributed by atoms with Gasteiger partial charge in [-0.25, -0.2) is 9.97 Å². The summed E-state index contributed by atoms with van der Waals surface area (Å²) in [4.78, 5) is 21.2. The van der Waals surface area contributed by atoms with Gasteiger partial charge in [0.05, 0.1) is 11.9 Å². The van der Waals surface area contributed by atoms with Crippen LogP contribution in [0.2, 0.25) is 0 Å². The van der Waals surface area contributed by atoms with Gasteiger partial charge in [-0.3, -0.25) is 9.36 Å². The lowest BCUT2D eigenvalue weighted by atomic mass is 9.93. The van der Waals surface area contributed by atoms with E-state index in [1.807, 2.05) is 13.8 Å². The van der Waals surface area contributed by atoms with Crippen LogP contribution in [0.25, 0.3) is 16.9 Å². The Labute approximate surface area is 145 Å². The zero-order valence-corrected chi connectivity index (χ0v) is 14.3. The molecule has 1 amide bonds. The van der Waals surface area contributed by atoms with Crippen molar-refractivity contribution in [2.45, 2.75) is 39.0 Å². The van der Waals surface area contributed by atoms with Crippen LogP contribution in [0.5, 0.6) is 0 Å². The van der Waals surface area contributed by atoms with E-state index in [1.165, 1.54) is 0 Å². The molecule has 7 nitrogen and oxygen atoms in total. The summed E-state index contributed by atoms with van der Waals surface area (Å²) >= 11 is 0. The number of nitrogen functional groups attached to an aromatic ring is 1. The number of allylic oxidation sites excluding steroid dienone is 3. The van der Waals surface area contributed by atoms with Gasteiger partial charge in [0.25, 0.3) is 5.91 Å². The molecule has 0 spiro atoms. The van der Waals surface area contributed by atoms with E-state index in [4.69, 9.17) is 11.5 Å². The standard InChI is InChI=1S/C18H21N5O2/c1-8-3-6-12(24)9(2)15(8)23-16(19)13(17(20)25)14-18(23)21-7-11(22-14)10-4-5-10/h6-8,10,24H,3-5,19H2,1-2H3,(H2,20,25). The molecule has 2 aromatic heterocycles. The number of anilines is 1. The largest absolute Gasteiger partial charge is 0.508 e. The molecule has 25 heavy (non-hydrogen) atoms. The lowest BCUT2D eigenvalue weighted by Crippen LogP contribution is -2.17. The number of rotatable bonds is 3. The number of hydrogen-bond acceptors (Lipinski definition) is 5. The summed E-state index contributed by atoms with van der Waals surface area (Å²) in [5.41, 5.74) is 15.4. The van der Waals surface area contributed by atoms with Crippen LogP contribution in [-0.2, 0) is 0 Å². The molecule has 1 saturated carbocycles. The predicted molar refractivity (Wildman–Crippen MR) is 95.8 cm³/mol. The molecule has 130 valence electrons. The highest BCUT2D eigenvalue weighted by Gasteiger charge is 2.31. The van der Waals surface area contributed by atoms with Gasteiger partial charge in [0.2, 0.25) is 0 Å². The van der Waals surface area contributed by atoms with Gasteiger partial charge in [0.15, 0.2) is 5.65 Å². The number of hydrogen-bond donors (Lipinski definition) is 3. The Morgan fingerprint density at radius 3 is 2.76 bits per heavy atom. The Hall–Kier alpha value is -2.83. The van der Waals surface area contributed by atoms with Crippen LogP contribution in [0, 0.1) is 5.92 Å². The maximum atomic E-state index is 12.0. The number of aliphatic hydroxyl groups is 1. The molecule has 5 N–H and O–H groups in total. The number of nitrogens with zero attached hydrogens (tertiary/aromatic N) is 3. The van der Waals surface area contributed by atoms with E-state index in [0.29, 0.717) is 29.1 Å². The molecular weight excluding hydrogens is 318 g/mol. The molecule has 0 radical (unpaired) electrons. The molecule has 1 atom stereocenters. The minimum atomic E-state index is -0.620. The van der Waals surface area contributed by atoms with E-state index in [1.54, 1.807) is 16.8 Å². The van der Waals surface area contributed by atoms with Crippen molar-refractivity contribution in [2.75, 3.05) is 5.73 Å². The average molecular weight is 339 g/mol. The summed E-state index contributed by atoms with van der Waals surface area (Å²) in [5.74, 6) is 0.344. The Morgan fingerprint density at radius 2 is 2.12 bits per heavy atom. The maximum absolute atomic E-state index is 12.0. The van der Waals surface area contributed by atoms with Crippen LogP contribution in [0.4, 0.5) is 5.82 Å². The van der Waals surface area contributed by atoms with E-state index in [0.717, 1.165) is 24.2 Å². The van der Waals surface area contributed by atoms with Gasteiger partial charge in [-0.05, 0) is 32.3 Å². The Bertz CT molecular complexity index is 965. The van der Waals surface area contributed by atoms with E-state index >= 15 is 0 Å². The summed E-state index contributed by atoms with van der Waals surface area (Å²) in [5, 5.41) is 10.2. The second kappa shape index (κ2) is 5.34. The number of aliphatic hydroxyl groups excluding tert-OH is 1. The maximum Gasteiger partial charge on any atom is 0.254 e. The number of amides is 1. The van der Waals surface area contributed by atoms with Gasteiger partial charge in [0, 0.05) is 23.1 Å². The van der Waals surface area contributed by atoms with Crippen molar-refractivity contribution in [3.8, 4) is 0 Å². The first-order valence-corrected chi connectivity index (χ1v) is 8.47. The topological polar surface area (TPSA) is 120 Å². The molecule has 1 fully saturated rings. The van der Waals surface area contributed by atoms with Crippen molar-refractivity contribution in [1.29, 1.82) is 0 Å². The van der Waals surface area contributed by atoms with Crippen LogP contribution in [0.3, 0.4) is 0 Å². The van der Waals surface area contributed by atoms with Crippen LogP contribution in [0.15, 0.2) is 23.6 Å². The van der Waals surface area contributed by atoms with E-state index in [2.05, 4.69) is 9.97 Å². The molecular formula is C18H21N5O2. The lowest BCUT2D eigenvalue weighted by Gasteiger charge is -2.24. The zero-order chi connectivity index (χ0) is 17.9. The van der Waals surface area contributed by atoms with Gasteiger partial charge in [-0.15, -0.1) is 0 Å². The van der Waals surface area contributed by atoms with Gasteiger partial charge < -0.3 is 16.6 Å². The Balaban J connectivity index is 2.04. The summed E-state index contributed by atoms with van der Waals surface area (Å²) in [6.45, 7) is 3.88. The van der Waals surface area contributed by atoms with Crippen LogP contribution in [-0.4, -0.2) is 25.5 Å². The molecule has 2 heterocycles. The smallest absolute Gasteiger partial charge is 0.254 e. The van der Waals surface area contributed by atoms with Crippen molar-refractivity contribution < 1.29 is 9.90 Å². The van der Waals surface area contributed by atoms with Crippen LogP contribution in [0.1, 0.15) is 55.1 Å². The average Bonchev–Trinajstić information content (AvgIpc) is 3.36. The molecule has 0 aliphatic heterocycles. The van der Waals surface area contributed by atoms with Gasteiger partial charge in [-0.1, -0.05) is 6.92 Å². The minimum Gasteiger partial charge on any atom is -0.508 e. The highest BCUT2D eigenvalue weighted by atomic mass is 16.3. The highest BCUT2D eigenvalue weighted by molar-refractivity contribution is 6.10. The minimum absolute atomic E-state index is 0.111. The fraction of sp³-hybridized carbons (Fsp3) is 0.389. The summed E-state index contributed by atoms with van der Waals surface area (Å²) in [7, 11) is 0. The summed E-state index contributed by atoms with van der Waals surface area (Å²) < 4.78 is 1.72. The molecule has 1 unspecified atom stereocenters. The Morgan fingerprint density at radius 1 is 1.40 bits per heavy atom. The van der Waals surface area contributed by atoms with Crippen molar-refractivity contribution in [3.63, 3.8) is 0 Å². The summed E-state index contributed by atoms with van der Waals surface area (Å²) in [6.07, 6.45) is 6.39. The van der Waals surface area contributed by atoms with Crippen molar-refractivity contribution in [2.24, 2.45) is 11.7 Å². The monoisotopic (exact) mass is 339 g/mol. The number of fused-ring (bicyclic) bond motifs is 1. The first kappa shape index (κ1) is 15.7. The number of aromatic nitrogens is 3. The molecule has 2 aliphatic rings. The SMILES string of the molecule is CC1=C(n2c(N)c(C(N)=O)c3nc(C4CC4)cnc32)C(C)CC=C1O. The third-order valence-corrected chi connectivity index (χ3v) is 5.10. The summed E-state index contributed by atoms with van der Waals surface area (Å²) in [6, 6.07) is 0. The van der Waals surface area contributed by atoms with Crippen LogP contribution < -0.4 is 11.5 Å².